The molecular weight excluding hydrogens is 713 g/mol. The van der Waals surface area contributed by atoms with Crippen molar-refractivity contribution in [1.29, 1.82) is 0 Å². The lowest BCUT2D eigenvalue weighted by atomic mass is 10.1. The van der Waals surface area contributed by atoms with Crippen molar-refractivity contribution in [3.63, 3.8) is 0 Å². The minimum Gasteiger partial charge on any atom is -0.496 e. The van der Waals surface area contributed by atoms with E-state index in [0.717, 1.165) is 5.75 Å². The Kier molecular flexibility index (Phi) is 23.5. The summed E-state index contributed by atoms with van der Waals surface area (Å²) in [6.07, 6.45) is 0. The maximum Gasteiger partial charge on any atom is 0.121 e. The second-order valence-corrected chi connectivity index (χ2v) is 15.0. The summed E-state index contributed by atoms with van der Waals surface area (Å²) in [5, 5.41) is 2.68. The summed E-state index contributed by atoms with van der Waals surface area (Å²) in [6.45, 7) is 23.1. The summed E-state index contributed by atoms with van der Waals surface area (Å²) in [6, 6.07) is 66.8. The smallest absolute Gasteiger partial charge is 0.121 e. The van der Waals surface area contributed by atoms with Crippen LogP contribution in [0.4, 0.5) is 0 Å². The fourth-order valence-corrected chi connectivity index (χ4v) is 5.45. The zero-order chi connectivity index (χ0) is 43.4. The van der Waals surface area contributed by atoms with Crippen LogP contribution in [0.15, 0.2) is 194 Å². The summed E-state index contributed by atoms with van der Waals surface area (Å²) in [7, 11) is 1.68. The van der Waals surface area contributed by atoms with Gasteiger partial charge in [0.15, 0.2) is 0 Å². The van der Waals surface area contributed by atoms with Crippen LogP contribution < -0.4 is 4.74 Å². The highest BCUT2D eigenvalue weighted by Gasteiger charge is 1.93. The maximum atomic E-state index is 5.04. The van der Waals surface area contributed by atoms with Crippen molar-refractivity contribution in [3.05, 3.63) is 255 Å². The van der Waals surface area contributed by atoms with Gasteiger partial charge in [0.1, 0.15) is 5.75 Å². The van der Waals surface area contributed by atoms with Gasteiger partial charge in [0.05, 0.1) is 7.11 Å². The molecule has 0 fully saturated rings. The van der Waals surface area contributed by atoms with E-state index in [4.69, 9.17) is 4.74 Å². The van der Waals surface area contributed by atoms with Crippen molar-refractivity contribution in [2.45, 2.75) is 76.2 Å². The highest BCUT2D eigenvalue weighted by atomic mass is 16.5. The quantitative estimate of drug-likeness (QED) is 0.161. The van der Waals surface area contributed by atoms with Crippen LogP contribution in [0.2, 0.25) is 0 Å². The minimum absolute atomic E-state index is 0.956. The molecule has 0 aliphatic heterocycles. The number of hydrogen-bond acceptors (Lipinski definition) is 1. The Morgan fingerprint density at radius 2 is 0.576 bits per heavy atom. The third-order valence-corrected chi connectivity index (χ3v) is 9.30. The first-order chi connectivity index (χ1) is 28.3. The molecule has 0 amide bonds. The lowest BCUT2D eigenvalue weighted by molar-refractivity contribution is 0.411. The molecule has 1 heteroatoms. The Bertz CT molecular complexity index is 2170. The van der Waals surface area contributed by atoms with Crippen LogP contribution in [0.1, 0.15) is 61.2 Å². The van der Waals surface area contributed by atoms with Crippen molar-refractivity contribution in [3.8, 4) is 5.75 Å². The van der Waals surface area contributed by atoms with Crippen molar-refractivity contribution in [2.75, 3.05) is 7.11 Å². The molecule has 59 heavy (non-hydrogen) atoms. The fourth-order valence-electron chi connectivity index (χ4n) is 5.45. The van der Waals surface area contributed by atoms with Crippen molar-refractivity contribution in [2.24, 2.45) is 0 Å². The molecule has 8 aromatic carbocycles. The van der Waals surface area contributed by atoms with Gasteiger partial charge in [0.2, 0.25) is 0 Å². The lowest BCUT2D eigenvalue weighted by Gasteiger charge is -2.00. The second kappa shape index (κ2) is 28.3. The van der Waals surface area contributed by atoms with Crippen molar-refractivity contribution >= 4 is 10.8 Å². The standard InChI is InChI=1S/C11H10.C8H10O.4C8H10.C7H8/c1-9-5-4-7-10-6-2-3-8-11(9)10;1-7-5-3-4-6-8(7)9-2;2*1-7-3-5-8(2)6-4-7;1-7-4-3-5-8(2)6-7;1-7-5-3-4-6-8(7)2;1-7-5-3-2-4-6-7/h2-8H,1H3;3-6H,1-2H3;4*3-6H,1-2H3;2-6H,1H3. The predicted octanol–water partition coefficient (Wildman–Crippen LogP) is 16.4. The van der Waals surface area contributed by atoms with Gasteiger partial charge >= 0.3 is 0 Å². The average Bonchev–Trinajstić information content (AvgIpc) is 3.23. The van der Waals surface area contributed by atoms with E-state index in [2.05, 4.69) is 221 Å². The third-order valence-electron chi connectivity index (χ3n) is 9.30. The van der Waals surface area contributed by atoms with E-state index < -0.39 is 0 Å². The molecule has 0 unspecified atom stereocenters. The topological polar surface area (TPSA) is 9.23 Å². The Morgan fingerprint density at radius 3 is 0.915 bits per heavy atom. The van der Waals surface area contributed by atoms with Gasteiger partial charge in [-0.1, -0.05) is 227 Å². The van der Waals surface area contributed by atoms with Gasteiger partial charge in [-0.15, -0.1) is 0 Å². The van der Waals surface area contributed by atoms with Gasteiger partial charge in [-0.05, 0) is 115 Å². The molecule has 1 nitrogen and oxygen atoms in total. The van der Waals surface area contributed by atoms with Gasteiger partial charge in [-0.2, -0.15) is 0 Å². The Hall–Kier alpha value is -6.18. The number of methoxy groups -OCH3 is 1. The normalized spacial score (nSPS) is 9.36. The average molecular weight is 781 g/mol. The van der Waals surface area contributed by atoms with Crippen LogP contribution in [0.3, 0.4) is 0 Å². The highest BCUT2D eigenvalue weighted by Crippen LogP contribution is 2.17. The molecule has 0 aromatic heterocycles. The van der Waals surface area contributed by atoms with Crippen LogP contribution in [-0.2, 0) is 0 Å². The summed E-state index contributed by atoms with van der Waals surface area (Å²) >= 11 is 0. The van der Waals surface area contributed by atoms with E-state index in [0.29, 0.717) is 0 Å². The number of hydrogen-bond donors (Lipinski definition) is 0. The first-order valence-electron chi connectivity index (χ1n) is 20.5. The maximum absolute atomic E-state index is 5.04. The molecule has 0 bridgehead atoms. The number of aryl methyl sites for hydroxylation is 11. The summed E-state index contributed by atoms with van der Waals surface area (Å²) in [5.41, 5.74) is 14.6. The molecule has 8 aromatic rings. The number of fused-ring (bicyclic) bond motifs is 1. The molecule has 0 aliphatic carbocycles. The molecule has 0 aliphatic rings. The van der Waals surface area contributed by atoms with Crippen LogP contribution in [0.25, 0.3) is 10.8 Å². The third kappa shape index (κ3) is 21.8. The molecule has 8 rings (SSSR count). The van der Waals surface area contributed by atoms with Gasteiger partial charge in [0.25, 0.3) is 0 Å². The van der Waals surface area contributed by atoms with Crippen LogP contribution in [0.5, 0.6) is 5.75 Å². The first-order valence-corrected chi connectivity index (χ1v) is 20.5. The SMILES string of the molecule is COc1ccccc1C.Cc1ccc(C)cc1.Cc1ccc(C)cc1.Cc1cccc(C)c1.Cc1cccc2ccccc12.Cc1ccccc1.Cc1ccccc1C. The molecule has 0 N–H and O–H groups in total. The van der Waals surface area contributed by atoms with E-state index in [1.807, 2.05) is 49.4 Å². The number of rotatable bonds is 1. The van der Waals surface area contributed by atoms with E-state index in [-0.39, 0.29) is 0 Å². The van der Waals surface area contributed by atoms with E-state index >= 15 is 0 Å². The van der Waals surface area contributed by atoms with E-state index in [9.17, 15) is 0 Å². The zero-order valence-electron chi connectivity index (χ0n) is 37.9. The molecule has 0 atom stereocenters. The first kappa shape index (κ1) is 49.0. The molecule has 0 heterocycles. The summed E-state index contributed by atoms with van der Waals surface area (Å²) < 4.78 is 5.04. The van der Waals surface area contributed by atoms with Crippen LogP contribution in [0, 0.1) is 76.2 Å². The van der Waals surface area contributed by atoms with Crippen LogP contribution in [-0.4, -0.2) is 7.11 Å². The van der Waals surface area contributed by atoms with Crippen molar-refractivity contribution in [1.82, 2.24) is 0 Å². The second-order valence-electron chi connectivity index (χ2n) is 15.0. The molecule has 0 saturated heterocycles. The molecule has 0 spiro atoms. The summed E-state index contributed by atoms with van der Waals surface area (Å²) in [4.78, 5) is 0. The highest BCUT2D eigenvalue weighted by molar-refractivity contribution is 5.85. The zero-order valence-corrected chi connectivity index (χ0v) is 37.9. The minimum atomic E-state index is 0.956. The molecule has 0 saturated carbocycles. The van der Waals surface area contributed by atoms with E-state index in [1.54, 1.807) is 7.11 Å². The number of para-hydroxylation sites is 1. The fraction of sp³-hybridized carbons (Fsp3) is 0.207. The predicted molar refractivity (Wildman–Crippen MR) is 261 cm³/mol. The van der Waals surface area contributed by atoms with Crippen molar-refractivity contribution < 1.29 is 4.74 Å². The number of ether oxygens (including phenoxy) is 1. The molecule has 0 radical (unpaired) electrons. The van der Waals surface area contributed by atoms with Gasteiger partial charge < -0.3 is 4.74 Å². The monoisotopic (exact) mass is 781 g/mol. The molecular formula is C58H68O. The Balaban J connectivity index is 0.000000238. The van der Waals surface area contributed by atoms with Crippen LogP contribution >= 0.6 is 0 Å². The van der Waals surface area contributed by atoms with E-state index in [1.165, 1.54) is 72.0 Å². The Labute approximate surface area is 358 Å². The largest absolute Gasteiger partial charge is 0.496 e. The summed E-state index contributed by atoms with van der Waals surface area (Å²) in [5.74, 6) is 0.956. The number of benzene rings is 8. The molecule has 306 valence electrons. The Morgan fingerprint density at radius 1 is 0.254 bits per heavy atom. The van der Waals surface area contributed by atoms with Gasteiger partial charge in [0, 0.05) is 0 Å². The lowest BCUT2D eigenvalue weighted by Crippen LogP contribution is -1.84. The van der Waals surface area contributed by atoms with Gasteiger partial charge in [-0.25, -0.2) is 0 Å². The van der Waals surface area contributed by atoms with Gasteiger partial charge in [-0.3, -0.25) is 0 Å².